The van der Waals surface area contributed by atoms with Crippen LogP contribution in [0.5, 0.6) is 5.75 Å². The van der Waals surface area contributed by atoms with Crippen LogP contribution in [0.3, 0.4) is 0 Å². The molecule has 3 rings (SSSR count). The Kier molecular flexibility index (Phi) is 2.78. The molecule has 0 saturated heterocycles. The number of fused-ring (bicyclic) bond motifs is 1. The van der Waals surface area contributed by atoms with Crippen LogP contribution in [-0.4, -0.2) is 15.7 Å². The second-order valence-corrected chi connectivity index (χ2v) is 4.61. The molecule has 0 bridgehead atoms. The quantitative estimate of drug-likeness (QED) is 0.708. The molecule has 0 spiro atoms. The molecule has 1 heterocycles. The minimum absolute atomic E-state index is 0.244. The van der Waals surface area contributed by atoms with Crippen LogP contribution in [0.1, 0.15) is 5.56 Å². The highest BCUT2D eigenvalue weighted by atomic mass is 32.1. The van der Waals surface area contributed by atoms with Gasteiger partial charge in [0.15, 0.2) is 0 Å². The average molecular weight is 254 g/mol. The van der Waals surface area contributed by atoms with Gasteiger partial charge in [-0.05, 0) is 41.4 Å². The molecule has 3 nitrogen and oxygen atoms in total. The third-order valence-electron chi connectivity index (χ3n) is 2.57. The van der Waals surface area contributed by atoms with Crippen molar-refractivity contribution in [1.29, 1.82) is 0 Å². The van der Waals surface area contributed by atoms with Gasteiger partial charge < -0.3 is 5.11 Å². The lowest BCUT2D eigenvalue weighted by Crippen LogP contribution is -1.78. The van der Waals surface area contributed by atoms with Crippen LogP contribution in [0.15, 0.2) is 53.5 Å². The first-order valence-electron chi connectivity index (χ1n) is 5.50. The van der Waals surface area contributed by atoms with Crippen molar-refractivity contribution in [2.45, 2.75) is 0 Å². The van der Waals surface area contributed by atoms with E-state index in [4.69, 9.17) is 0 Å². The molecule has 0 aliphatic rings. The monoisotopic (exact) mass is 254 g/mol. The smallest absolute Gasteiger partial charge is 0.143 e. The number of aromatic nitrogens is 1. The molecule has 0 radical (unpaired) electrons. The van der Waals surface area contributed by atoms with Crippen molar-refractivity contribution in [3.63, 3.8) is 0 Å². The minimum Gasteiger partial charge on any atom is -0.508 e. The Labute approximate surface area is 108 Å². The molecule has 0 unspecified atom stereocenters. The maximum Gasteiger partial charge on any atom is 0.143 e. The fourth-order valence-electron chi connectivity index (χ4n) is 1.71. The second kappa shape index (κ2) is 4.58. The number of aliphatic imine (C=N–C) groups is 1. The third-order valence-corrected chi connectivity index (χ3v) is 3.35. The summed E-state index contributed by atoms with van der Waals surface area (Å²) in [5.74, 6) is 0.244. The Morgan fingerprint density at radius 3 is 2.89 bits per heavy atom. The highest BCUT2D eigenvalue weighted by Gasteiger charge is 2.02. The number of nitrogens with zero attached hydrogens (tertiary/aromatic N) is 2. The normalized spacial score (nSPS) is 11.3. The van der Waals surface area contributed by atoms with Crippen LogP contribution < -0.4 is 0 Å². The third kappa shape index (κ3) is 2.10. The molecule has 0 amide bonds. The fourth-order valence-corrected chi connectivity index (χ4v) is 2.42. The summed E-state index contributed by atoms with van der Waals surface area (Å²) in [6.45, 7) is 0. The highest BCUT2D eigenvalue weighted by molar-refractivity contribution is 7.11. The number of phenolic OH excluding ortho intramolecular Hbond substituents is 1. The first kappa shape index (κ1) is 10.9. The van der Waals surface area contributed by atoms with E-state index in [-0.39, 0.29) is 5.75 Å². The zero-order valence-electron chi connectivity index (χ0n) is 9.45. The van der Waals surface area contributed by atoms with E-state index in [1.807, 2.05) is 30.3 Å². The molecule has 3 aromatic rings. The van der Waals surface area contributed by atoms with Gasteiger partial charge in [0, 0.05) is 11.6 Å². The number of benzene rings is 2. The largest absolute Gasteiger partial charge is 0.508 e. The minimum atomic E-state index is 0.244. The lowest BCUT2D eigenvalue weighted by atomic mass is 10.2. The Bertz CT molecular complexity index is 718. The van der Waals surface area contributed by atoms with Gasteiger partial charge in [-0.2, -0.15) is 4.37 Å². The Morgan fingerprint density at radius 1 is 1.11 bits per heavy atom. The predicted molar refractivity (Wildman–Crippen MR) is 75.0 cm³/mol. The molecule has 0 fully saturated rings. The summed E-state index contributed by atoms with van der Waals surface area (Å²) in [5, 5.41) is 11.3. The predicted octanol–water partition coefficient (Wildman–Crippen LogP) is 3.75. The van der Waals surface area contributed by atoms with Crippen molar-refractivity contribution in [2.24, 2.45) is 4.99 Å². The van der Waals surface area contributed by atoms with Gasteiger partial charge in [-0.25, -0.2) is 4.99 Å². The molecule has 88 valence electrons. The zero-order valence-corrected chi connectivity index (χ0v) is 10.3. The number of rotatable bonds is 2. The molecule has 1 N–H and O–H groups in total. The summed E-state index contributed by atoms with van der Waals surface area (Å²) in [7, 11) is 0. The summed E-state index contributed by atoms with van der Waals surface area (Å²) in [4.78, 5) is 4.43. The first-order chi connectivity index (χ1) is 8.83. The van der Waals surface area contributed by atoms with Crippen molar-refractivity contribution >= 4 is 33.7 Å². The second-order valence-electron chi connectivity index (χ2n) is 3.86. The SMILES string of the molecule is Oc1cccc(C=Nc2snc3ccccc23)c1. The lowest BCUT2D eigenvalue weighted by Gasteiger charge is -1.94. The molecule has 0 atom stereocenters. The topological polar surface area (TPSA) is 45.5 Å². The maximum absolute atomic E-state index is 9.37. The zero-order chi connectivity index (χ0) is 12.4. The summed E-state index contributed by atoms with van der Waals surface area (Å²) >= 11 is 1.38. The fraction of sp³-hybridized carbons (Fsp3) is 0. The maximum atomic E-state index is 9.37. The molecule has 18 heavy (non-hydrogen) atoms. The van der Waals surface area contributed by atoms with Crippen LogP contribution in [-0.2, 0) is 0 Å². The van der Waals surface area contributed by atoms with Gasteiger partial charge in [-0.1, -0.05) is 24.3 Å². The summed E-state index contributed by atoms with van der Waals surface area (Å²) in [5.41, 5.74) is 1.83. The number of aromatic hydroxyl groups is 1. The van der Waals surface area contributed by atoms with Crippen LogP contribution in [0, 0.1) is 0 Å². The van der Waals surface area contributed by atoms with E-state index in [0.717, 1.165) is 21.5 Å². The average Bonchev–Trinajstić information content (AvgIpc) is 2.80. The van der Waals surface area contributed by atoms with Crippen molar-refractivity contribution in [3.05, 3.63) is 54.1 Å². The molecule has 2 aromatic carbocycles. The van der Waals surface area contributed by atoms with Gasteiger partial charge in [0.05, 0.1) is 5.52 Å². The number of phenols is 1. The van der Waals surface area contributed by atoms with Crippen LogP contribution in [0.2, 0.25) is 0 Å². The number of hydrogen-bond acceptors (Lipinski definition) is 4. The first-order valence-corrected chi connectivity index (χ1v) is 6.28. The molecule has 0 aliphatic carbocycles. The Balaban J connectivity index is 1.97. The van der Waals surface area contributed by atoms with Gasteiger partial charge in [-0.15, -0.1) is 0 Å². The van der Waals surface area contributed by atoms with Crippen molar-refractivity contribution in [2.75, 3.05) is 0 Å². The summed E-state index contributed by atoms with van der Waals surface area (Å²) in [6, 6.07) is 14.9. The summed E-state index contributed by atoms with van der Waals surface area (Å²) < 4.78 is 4.33. The van der Waals surface area contributed by atoms with Crippen molar-refractivity contribution in [1.82, 2.24) is 4.37 Å². The van der Waals surface area contributed by atoms with E-state index in [0.29, 0.717) is 0 Å². The van der Waals surface area contributed by atoms with Crippen molar-refractivity contribution in [3.8, 4) is 5.75 Å². The van der Waals surface area contributed by atoms with Crippen LogP contribution in [0.4, 0.5) is 5.00 Å². The van der Waals surface area contributed by atoms with Gasteiger partial charge in [0.2, 0.25) is 0 Å². The lowest BCUT2D eigenvalue weighted by molar-refractivity contribution is 0.475. The standard InChI is InChI=1S/C14H10N2OS/c17-11-5-3-4-10(8-11)9-15-14-12-6-1-2-7-13(12)16-18-14/h1-9,17H. The molecule has 0 saturated carbocycles. The summed E-state index contributed by atoms with van der Waals surface area (Å²) in [6.07, 6.45) is 1.74. The van der Waals surface area contributed by atoms with E-state index in [2.05, 4.69) is 9.37 Å². The van der Waals surface area contributed by atoms with Gasteiger partial charge in [0.25, 0.3) is 0 Å². The highest BCUT2D eigenvalue weighted by Crippen LogP contribution is 2.29. The van der Waals surface area contributed by atoms with Crippen LogP contribution >= 0.6 is 11.5 Å². The van der Waals surface area contributed by atoms with Gasteiger partial charge >= 0.3 is 0 Å². The molecule has 4 heteroatoms. The molecular weight excluding hydrogens is 244 g/mol. The Morgan fingerprint density at radius 2 is 2.00 bits per heavy atom. The van der Waals surface area contributed by atoms with E-state index >= 15 is 0 Å². The van der Waals surface area contributed by atoms with E-state index < -0.39 is 0 Å². The van der Waals surface area contributed by atoms with Gasteiger partial charge in [-0.3, -0.25) is 0 Å². The van der Waals surface area contributed by atoms with Gasteiger partial charge in [0.1, 0.15) is 10.8 Å². The number of hydrogen-bond donors (Lipinski definition) is 1. The van der Waals surface area contributed by atoms with Crippen LogP contribution in [0.25, 0.3) is 10.9 Å². The van der Waals surface area contributed by atoms with Crippen molar-refractivity contribution < 1.29 is 5.11 Å². The molecular formula is C14H10N2OS. The molecule has 0 aliphatic heterocycles. The van der Waals surface area contributed by atoms with E-state index in [9.17, 15) is 5.11 Å². The molecule has 1 aromatic heterocycles. The van der Waals surface area contributed by atoms with E-state index in [1.54, 1.807) is 24.4 Å². The van der Waals surface area contributed by atoms with E-state index in [1.165, 1.54) is 11.5 Å². The Hall–Kier alpha value is -2.20.